The second-order valence-electron chi connectivity index (χ2n) is 15.3. The van der Waals surface area contributed by atoms with Gasteiger partial charge in [-0.3, -0.25) is 19.6 Å². The van der Waals surface area contributed by atoms with Crippen molar-refractivity contribution in [2.24, 2.45) is 0 Å². The van der Waals surface area contributed by atoms with E-state index in [1.807, 2.05) is 24.3 Å². The number of benzene rings is 6. The molecule has 2 aliphatic heterocycles. The first-order valence-electron chi connectivity index (χ1n) is 20.0. The maximum Gasteiger partial charge on any atom is 0.0602 e. The van der Waals surface area contributed by atoms with Gasteiger partial charge in [0.2, 0.25) is 0 Å². The monoisotopic (exact) mass is 924 g/mol. The lowest BCUT2D eigenvalue weighted by Gasteiger charge is -2.40. The summed E-state index contributed by atoms with van der Waals surface area (Å²) in [6.07, 6.45) is 0. The summed E-state index contributed by atoms with van der Waals surface area (Å²) in [7, 11) is 0. The van der Waals surface area contributed by atoms with E-state index in [2.05, 4.69) is 167 Å². The van der Waals surface area contributed by atoms with Crippen LogP contribution in [-0.2, 0) is 13.1 Å². The summed E-state index contributed by atoms with van der Waals surface area (Å²) < 4.78 is 0. The van der Waals surface area contributed by atoms with Crippen LogP contribution in [0.2, 0.25) is 10.0 Å². The van der Waals surface area contributed by atoms with Crippen LogP contribution < -0.4 is 0 Å². The molecule has 2 atom stereocenters. The molecule has 2 aliphatic rings. The third-order valence-corrected chi connectivity index (χ3v) is 11.6. The van der Waals surface area contributed by atoms with E-state index in [9.17, 15) is 0 Å². The molecule has 60 heavy (non-hydrogen) atoms. The standard InChI is InChI=1S/2C25H27ClN2.4ClH/c2*1-20-6-5-7-21(18-20)19-27-14-16-28(17-15-27)25(22-8-3-2-4-9-22)23-10-12-24(26)13-11-23;;;;/h2*2-13,18,25H,14-17,19H2,1H3;4*1H. The first-order chi connectivity index (χ1) is 27.4. The van der Waals surface area contributed by atoms with Gasteiger partial charge in [0.05, 0.1) is 12.1 Å². The molecule has 6 aromatic carbocycles. The Bertz CT molecular complexity index is 1940. The predicted octanol–water partition coefficient (Wildman–Crippen LogP) is 12.8. The maximum absolute atomic E-state index is 6.14. The first kappa shape index (κ1) is 51.3. The molecule has 10 heteroatoms. The second-order valence-corrected chi connectivity index (χ2v) is 16.2. The molecule has 0 spiro atoms. The Balaban J connectivity index is 0.000000300. The quantitative estimate of drug-likeness (QED) is 0.136. The summed E-state index contributed by atoms with van der Waals surface area (Å²) in [6, 6.07) is 56.6. The molecule has 2 fully saturated rings. The summed E-state index contributed by atoms with van der Waals surface area (Å²) in [5, 5.41) is 1.58. The van der Waals surface area contributed by atoms with E-state index in [1.54, 1.807) is 0 Å². The predicted molar refractivity (Wildman–Crippen MR) is 265 cm³/mol. The van der Waals surface area contributed by atoms with E-state index in [0.29, 0.717) is 0 Å². The average Bonchev–Trinajstić information content (AvgIpc) is 3.22. The molecule has 0 amide bonds. The molecule has 0 aliphatic carbocycles. The topological polar surface area (TPSA) is 13.0 Å². The summed E-state index contributed by atoms with van der Waals surface area (Å²) in [4.78, 5) is 10.3. The minimum absolute atomic E-state index is 0. The summed E-state index contributed by atoms with van der Waals surface area (Å²) in [5.74, 6) is 0. The fourth-order valence-electron chi connectivity index (χ4n) is 8.29. The smallest absolute Gasteiger partial charge is 0.0602 e. The molecule has 2 heterocycles. The summed E-state index contributed by atoms with van der Waals surface area (Å²) in [5.41, 5.74) is 10.8. The van der Waals surface area contributed by atoms with Gasteiger partial charge in [0.15, 0.2) is 0 Å². The molecule has 0 bridgehead atoms. The zero-order chi connectivity index (χ0) is 38.7. The van der Waals surface area contributed by atoms with Gasteiger partial charge < -0.3 is 0 Å². The van der Waals surface area contributed by atoms with Crippen molar-refractivity contribution in [1.29, 1.82) is 0 Å². The van der Waals surface area contributed by atoms with Crippen molar-refractivity contribution in [2.45, 2.75) is 39.0 Å². The normalized spacial score (nSPS) is 15.7. The Morgan fingerprint density at radius 1 is 0.383 bits per heavy atom. The maximum atomic E-state index is 6.14. The van der Waals surface area contributed by atoms with Gasteiger partial charge in [0, 0.05) is 75.5 Å². The van der Waals surface area contributed by atoms with Crippen molar-refractivity contribution in [3.05, 3.63) is 212 Å². The number of nitrogens with zero attached hydrogens (tertiary/aromatic N) is 4. The van der Waals surface area contributed by atoms with Gasteiger partial charge in [-0.25, -0.2) is 0 Å². The molecule has 0 aromatic heterocycles. The van der Waals surface area contributed by atoms with Crippen molar-refractivity contribution in [2.75, 3.05) is 52.4 Å². The van der Waals surface area contributed by atoms with Crippen LogP contribution in [0.15, 0.2) is 158 Å². The largest absolute Gasteiger partial charge is 0.297 e. The number of rotatable bonds is 10. The van der Waals surface area contributed by atoms with Crippen molar-refractivity contribution >= 4 is 72.8 Å². The zero-order valence-electron chi connectivity index (χ0n) is 34.4. The van der Waals surface area contributed by atoms with Gasteiger partial charge in [-0.05, 0) is 71.5 Å². The molecule has 320 valence electrons. The van der Waals surface area contributed by atoms with Crippen molar-refractivity contribution < 1.29 is 0 Å². The third-order valence-electron chi connectivity index (χ3n) is 11.1. The van der Waals surface area contributed by atoms with Crippen molar-refractivity contribution in [1.82, 2.24) is 19.6 Å². The second kappa shape index (κ2) is 25.7. The van der Waals surface area contributed by atoms with Crippen LogP contribution in [0, 0.1) is 13.8 Å². The molecule has 4 nitrogen and oxygen atoms in total. The molecule has 2 unspecified atom stereocenters. The molecular formula is C50H58Cl6N4. The van der Waals surface area contributed by atoms with Crippen LogP contribution in [0.3, 0.4) is 0 Å². The summed E-state index contributed by atoms with van der Waals surface area (Å²) >= 11 is 12.3. The van der Waals surface area contributed by atoms with E-state index in [1.165, 1.54) is 44.5 Å². The Kier molecular flexibility index (Phi) is 22.0. The first-order valence-corrected chi connectivity index (χ1v) is 20.8. The summed E-state index contributed by atoms with van der Waals surface area (Å²) in [6.45, 7) is 15.0. The number of piperazine rings is 2. The third kappa shape index (κ3) is 14.5. The number of hydrogen-bond acceptors (Lipinski definition) is 4. The van der Waals surface area contributed by atoms with Crippen molar-refractivity contribution in [3.8, 4) is 0 Å². The average molecular weight is 928 g/mol. The van der Waals surface area contributed by atoms with E-state index in [4.69, 9.17) is 23.2 Å². The van der Waals surface area contributed by atoms with Gasteiger partial charge >= 0.3 is 0 Å². The van der Waals surface area contributed by atoms with Gasteiger partial charge in [0.25, 0.3) is 0 Å². The molecule has 8 rings (SSSR count). The van der Waals surface area contributed by atoms with Crippen LogP contribution in [0.1, 0.15) is 56.6 Å². The van der Waals surface area contributed by atoms with E-state index in [0.717, 1.165) is 75.5 Å². The SMILES string of the molecule is Cc1cccc(CN2CCN(C(c3ccccc3)c3ccc(Cl)cc3)CC2)c1.Cc1cccc(CN2CCN(C(c3ccccc3)c3ccc(Cl)cc3)CC2)c1.Cl.Cl.Cl.Cl. The Morgan fingerprint density at radius 2 is 0.700 bits per heavy atom. The Morgan fingerprint density at radius 3 is 1.02 bits per heavy atom. The van der Waals surface area contributed by atoms with Gasteiger partial charge in [0.1, 0.15) is 0 Å². The number of hydrogen-bond donors (Lipinski definition) is 0. The fraction of sp³-hybridized carbons (Fsp3) is 0.280. The minimum Gasteiger partial charge on any atom is -0.297 e. The lowest BCUT2D eigenvalue weighted by Crippen LogP contribution is -2.47. The molecule has 0 saturated carbocycles. The molecule has 6 aromatic rings. The highest BCUT2D eigenvalue weighted by atomic mass is 35.5. The Labute approximate surface area is 393 Å². The minimum atomic E-state index is 0. The molecule has 0 N–H and O–H groups in total. The highest BCUT2D eigenvalue weighted by molar-refractivity contribution is 6.30. The number of aryl methyl sites for hydroxylation is 2. The van der Waals surface area contributed by atoms with Crippen LogP contribution in [-0.4, -0.2) is 72.0 Å². The van der Waals surface area contributed by atoms with E-state index >= 15 is 0 Å². The Hall–Kier alpha value is -3.10. The van der Waals surface area contributed by atoms with E-state index < -0.39 is 0 Å². The van der Waals surface area contributed by atoms with Gasteiger partial charge in [-0.1, -0.05) is 168 Å². The number of halogens is 6. The van der Waals surface area contributed by atoms with Crippen molar-refractivity contribution in [3.63, 3.8) is 0 Å². The fourth-order valence-corrected chi connectivity index (χ4v) is 8.54. The highest BCUT2D eigenvalue weighted by Gasteiger charge is 2.28. The van der Waals surface area contributed by atoms with Crippen LogP contribution >= 0.6 is 72.8 Å². The van der Waals surface area contributed by atoms with Crippen LogP contribution in [0.4, 0.5) is 0 Å². The lowest BCUT2D eigenvalue weighted by atomic mass is 9.96. The van der Waals surface area contributed by atoms with E-state index in [-0.39, 0.29) is 61.7 Å². The lowest BCUT2D eigenvalue weighted by molar-refractivity contribution is 0.105. The van der Waals surface area contributed by atoms with Crippen LogP contribution in [0.25, 0.3) is 0 Å². The van der Waals surface area contributed by atoms with Gasteiger partial charge in [-0.15, -0.1) is 49.6 Å². The molecule has 0 radical (unpaired) electrons. The highest BCUT2D eigenvalue weighted by Crippen LogP contribution is 2.32. The van der Waals surface area contributed by atoms with Gasteiger partial charge in [-0.2, -0.15) is 0 Å². The zero-order valence-corrected chi connectivity index (χ0v) is 39.2. The van der Waals surface area contributed by atoms with Crippen LogP contribution in [0.5, 0.6) is 0 Å². The molecule has 2 saturated heterocycles. The molecular weight excluding hydrogens is 869 g/mol.